The molecule has 2 amide bonds. The van der Waals surface area contributed by atoms with Crippen LogP contribution in [-0.2, 0) is 5.75 Å². The zero-order valence-electron chi connectivity index (χ0n) is 13.1. The molecule has 7 heteroatoms. The SMILES string of the molecule is Cc1cc(N2NCCNC2=O)cc(Cl)c1SCc1ccc(Cl)cc1. The Kier molecular flexibility index (Phi) is 5.56. The number of amides is 2. The fraction of sp³-hybridized carbons (Fsp3) is 0.235. The maximum absolute atomic E-state index is 11.9. The lowest BCUT2D eigenvalue weighted by molar-refractivity contribution is 0.239. The Morgan fingerprint density at radius 3 is 2.58 bits per heavy atom. The molecule has 0 aromatic heterocycles. The monoisotopic (exact) mass is 381 g/mol. The summed E-state index contributed by atoms with van der Waals surface area (Å²) in [6.45, 7) is 3.31. The number of carbonyl (C=O) groups excluding carboxylic acids is 1. The molecular weight excluding hydrogens is 365 g/mol. The van der Waals surface area contributed by atoms with E-state index in [1.807, 2.05) is 43.3 Å². The van der Waals surface area contributed by atoms with Crippen molar-refractivity contribution in [2.75, 3.05) is 18.1 Å². The van der Waals surface area contributed by atoms with Crippen LogP contribution in [0.25, 0.3) is 0 Å². The van der Waals surface area contributed by atoms with E-state index in [0.29, 0.717) is 18.1 Å². The molecule has 0 radical (unpaired) electrons. The van der Waals surface area contributed by atoms with Gasteiger partial charge in [0.2, 0.25) is 0 Å². The number of hydrogen-bond donors (Lipinski definition) is 2. The van der Waals surface area contributed by atoms with Crippen LogP contribution in [0.2, 0.25) is 10.0 Å². The number of urea groups is 1. The molecule has 1 heterocycles. The van der Waals surface area contributed by atoms with Crippen molar-refractivity contribution in [2.24, 2.45) is 0 Å². The summed E-state index contributed by atoms with van der Waals surface area (Å²) in [5, 5.41) is 5.67. The van der Waals surface area contributed by atoms with Gasteiger partial charge in [0.15, 0.2) is 0 Å². The van der Waals surface area contributed by atoms with Crippen LogP contribution in [0.15, 0.2) is 41.3 Å². The number of rotatable bonds is 4. The van der Waals surface area contributed by atoms with Gasteiger partial charge in [-0.15, -0.1) is 11.8 Å². The number of halogens is 2. The van der Waals surface area contributed by atoms with Crippen LogP contribution < -0.4 is 15.8 Å². The quantitative estimate of drug-likeness (QED) is 0.758. The minimum Gasteiger partial charge on any atom is -0.335 e. The Morgan fingerprint density at radius 2 is 1.92 bits per heavy atom. The number of anilines is 1. The molecule has 1 aliphatic rings. The summed E-state index contributed by atoms with van der Waals surface area (Å²) in [5.74, 6) is 0.805. The van der Waals surface area contributed by atoms with E-state index in [1.54, 1.807) is 11.8 Å². The van der Waals surface area contributed by atoms with Crippen LogP contribution >= 0.6 is 35.0 Å². The van der Waals surface area contributed by atoms with Gasteiger partial charge in [0.25, 0.3) is 0 Å². The molecule has 2 N–H and O–H groups in total. The number of hydrogen-bond acceptors (Lipinski definition) is 3. The van der Waals surface area contributed by atoms with E-state index < -0.39 is 0 Å². The average Bonchev–Trinajstić information content (AvgIpc) is 2.56. The van der Waals surface area contributed by atoms with Crippen molar-refractivity contribution in [1.29, 1.82) is 0 Å². The molecule has 0 spiro atoms. The van der Waals surface area contributed by atoms with Crippen LogP contribution in [0.4, 0.5) is 10.5 Å². The molecule has 126 valence electrons. The van der Waals surface area contributed by atoms with Gasteiger partial charge in [-0.1, -0.05) is 35.3 Å². The molecule has 0 bridgehead atoms. The Hall–Kier alpha value is -1.40. The first-order chi connectivity index (χ1) is 11.5. The van der Waals surface area contributed by atoms with E-state index in [2.05, 4.69) is 10.7 Å². The lowest BCUT2D eigenvalue weighted by Gasteiger charge is -2.29. The van der Waals surface area contributed by atoms with E-state index in [9.17, 15) is 4.79 Å². The summed E-state index contributed by atoms with van der Waals surface area (Å²) in [4.78, 5) is 13.0. The number of nitrogens with one attached hydrogen (secondary N) is 2. The summed E-state index contributed by atoms with van der Waals surface area (Å²) >= 11 is 14.1. The zero-order valence-corrected chi connectivity index (χ0v) is 15.4. The third kappa shape index (κ3) is 3.98. The van der Waals surface area contributed by atoms with Crippen molar-refractivity contribution in [2.45, 2.75) is 17.6 Å². The molecule has 1 saturated heterocycles. The van der Waals surface area contributed by atoms with Gasteiger partial charge >= 0.3 is 6.03 Å². The summed E-state index contributed by atoms with van der Waals surface area (Å²) in [5.41, 5.74) is 6.03. The number of benzene rings is 2. The van der Waals surface area contributed by atoms with E-state index in [-0.39, 0.29) is 6.03 Å². The van der Waals surface area contributed by atoms with Crippen molar-refractivity contribution in [3.05, 3.63) is 57.6 Å². The molecule has 1 aliphatic heterocycles. The normalized spacial score (nSPS) is 14.6. The largest absolute Gasteiger partial charge is 0.336 e. The second-order valence-electron chi connectivity index (χ2n) is 5.46. The Morgan fingerprint density at radius 1 is 1.17 bits per heavy atom. The Labute approximate surface area is 155 Å². The maximum Gasteiger partial charge on any atom is 0.336 e. The fourth-order valence-electron chi connectivity index (χ4n) is 2.46. The molecule has 24 heavy (non-hydrogen) atoms. The topological polar surface area (TPSA) is 44.4 Å². The van der Waals surface area contributed by atoms with Crippen LogP contribution in [0, 0.1) is 6.92 Å². The summed E-state index contributed by atoms with van der Waals surface area (Å²) in [6, 6.07) is 11.4. The number of aryl methyl sites for hydroxylation is 1. The molecule has 0 aliphatic carbocycles. The van der Waals surface area contributed by atoms with Gasteiger partial charge in [0.1, 0.15) is 0 Å². The van der Waals surface area contributed by atoms with Gasteiger partial charge in [-0.25, -0.2) is 15.2 Å². The first kappa shape index (κ1) is 17.4. The first-order valence-electron chi connectivity index (χ1n) is 7.53. The standard InChI is InChI=1S/C17H17Cl2N3OS/c1-11-8-14(22-17(23)20-6-7-21-22)9-15(19)16(11)24-10-12-2-4-13(18)5-3-12/h2-5,8-9,21H,6-7,10H2,1H3,(H,20,23). The van der Waals surface area contributed by atoms with Gasteiger partial charge in [-0.3, -0.25) is 0 Å². The highest BCUT2D eigenvalue weighted by molar-refractivity contribution is 7.98. The number of carbonyl (C=O) groups is 1. The number of thioether (sulfide) groups is 1. The zero-order chi connectivity index (χ0) is 17.1. The van der Waals surface area contributed by atoms with Crippen LogP contribution in [0.3, 0.4) is 0 Å². The third-order valence-electron chi connectivity index (χ3n) is 3.64. The molecule has 2 aromatic rings. The molecule has 2 aromatic carbocycles. The van der Waals surface area contributed by atoms with E-state index in [0.717, 1.165) is 26.9 Å². The molecule has 0 saturated carbocycles. The highest BCUT2D eigenvalue weighted by Crippen LogP contribution is 2.36. The van der Waals surface area contributed by atoms with Crippen molar-refractivity contribution in [1.82, 2.24) is 10.7 Å². The molecule has 1 fully saturated rings. The smallest absolute Gasteiger partial charge is 0.335 e. The highest BCUT2D eigenvalue weighted by atomic mass is 35.5. The van der Waals surface area contributed by atoms with E-state index in [1.165, 1.54) is 10.6 Å². The van der Waals surface area contributed by atoms with Crippen molar-refractivity contribution in [3.63, 3.8) is 0 Å². The van der Waals surface area contributed by atoms with Crippen molar-refractivity contribution in [3.8, 4) is 0 Å². The molecule has 4 nitrogen and oxygen atoms in total. The average molecular weight is 382 g/mol. The van der Waals surface area contributed by atoms with E-state index >= 15 is 0 Å². The Balaban J connectivity index is 1.77. The Bertz CT molecular complexity index is 729. The predicted octanol–water partition coefficient (Wildman–Crippen LogP) is 4.63. The van der Waals surface area contributed by atoms with Gasteiger partial charge in [-0.2, -0.15) is 0 Å². The second kappa shape index (κ2) is 7.66. The van der Waals surface area contributed by atoms with Crippen molar-refractivity contribution >= 4 is 46.7 Å². The molecule has 0 unspecified atom stereocenters. The van der Waals surface area contributed by atoms with Gasteiger partial charge in [0.05, 0.1) is 10.7 Å². The summed E-state index contributed by atoms with van der Waals surface area (Å²) in [6.07, 6.45) is 0. The molecule has 3 rings (SSSR count). The van der Waals surface area contributed by atoms with Gasteiger partial charge < -0.3 is 5.32 Å². The summed E-state index contributed by atoms with van der Waals surface area (Å²) < 4.78 is 0. The van der Waals surface area contributed by atoms with Gasteiger partial charge in [-0.05, 0) is 42.3 Å². The number of hydrazine groups is 1. The third-order valence-corrected chi connectivity index (χ3v) is 5.61. The highest BCUT2D eigenvalue weighted by Gasteiger charge is 2.20. The minimum atomic E-state index is -0.168. The first-order valence-corrected chi connectivity index (χ1v) is 9.27. The van der Waals surface area contributed by atoms with Gasteiger partial charge in [0, 0.05) is 28.8 Å². The molecule has 0 atom stereocenters. The number of nitrogens with zero attached hydrogens (tertiary/aromatic N) is 1. The van der Waals surface area contributed by atoms with Crippen molar-refractivity contribution < 1.29 is 4.79 Å². The van der Waals surface area contributed by atoms with Crippen LogP contribution in [-0.4, -0.2) is 19.1 Å². The summed E-state index contributed by atoms with van der Waals surface area (Å²) in [7, 11) is 0. The fourth-order valence-corrected chi connectivity index (χ4v) is 3.99. The molecular formula is C17H17Cl2N3OS. The predicted molar refractivity (Wildman–Crippen MR) is 101 cm³/mol. The maximum atomic E-state index is 11.9. The van der Waals surface area contributed by atoms with E-state index in [4.69, 9.17) is 23.2 Å². The lowest BCUT2D eigenvalue weighted by Crippen LogP contribution is -2.56. The van der Waals surface area contributed by atoms with Crippen LogP contribution in [0.1, 0.15) is 11.1 Å². The second-order valence-corrected chi connectivity index (χ2v) is 7.29. The minimum absolute atomic E-state index is 0.168. The van der Waals surface area contributed by atoms with Crippen LogP contribution in [0.5, 0.6) is 0 Å². The lowest BCUT2D eigenvalue weighted by atomic mass is 10.2.